The van der Waals surface area contributed by atoms with Crippen molar-refractivity contribution in [1.82, 2.24) is 0 Å². The van der Waals surface area contributed by atoms with Gasteiger partial charge in [-0.2, -0.15) is 0 Å². The minimum atomic E-state index is -0.450. The predicted octanol–water partition coefficient (Wildman–Crippen LogP) is 6.45. The Kier molecular flexibility index (Phi) is 5.24. The highest BCUT2D eigenvalue weighted by atomic mass is 31.1. The second-order valence-electron chi connectivity index (χ2n) is 8.24. The van der Waals surface area contributed by atoms with Crippen LogP contribution in [0.15, 0.2) is 48.6 Å². The molecular formula is C21H31OP. The van der Waals surface area contributed by atoms with Gasteiger partial charge < -0.3 is 4.74 Å². The fourth-order valence-corrected chi connectivity index (χ4v) is 9.25. The highest BCUT2D eigenvalue weighted by molar-refractivity contribution is 7.63. The van der Waals surface area contributed by atoms with Crippen molar-refractivity contribution in [2.45, 2.75) is 63.6 Å². The smallest absolute Gasteiger partial charge is 0.116 e. The molecule has 0 saturated carbocycles. The third-order valence-corrected chi connectivity index (χ3v) is 8.35. The molecule has 2 rings (SSSR count). The van der Waals surface area contributed by atoms with E-state index >= 15 is 0 Å². The van der Waals surface area contributed by atoms with Crippen LogP contribution in [0.1, 0.15) is 53.5 Å². The van der Waals surface area contributed by atoms with Crippen molar-refractivity contribution in [3.8, 4) is 0 Å². The topological polar surface area (TPSA) is 9.23 Å². The Morgan fingerprint density at radius 2 is 1.52 bits per heavy atom. The Balaban J connectivity index is 2.66. The van der Waals surface area contributed by atoms with Crippen molar-refractivity contribution < 1.29 is 4.74 Å². The molecule has 1 aliphatic rings. The highest BCUT2D eigenvalue weighted by Crippen LogP contribution is 2.72. The Bertz CT molecular complexity index is 573. The predicted molar refractivity (Wildman–Crippen MR) is 104 cm³/mol. The van der Waals surface area contributed by atoms with Crippen LogP contribution in [-0.4, -0.2) is 22.8 Å². The van der Waals surface area contributed by atoms with E-state index in [-0.39, 0.29) is 15.7 Å². The number of allylic oxidation sites excluding steroid dienone is 2. The van der Waals surface area contributed by atoms with Gasteiger partial charge in [-0.15, -0.1) is 0 Å². The maximum Gasteiger partial charge on any atom is 0.116 e. The average Bonchev–Trinajstić information content (AvgIpc) is 2.45. The first kappa shape index (κ1) is 18.4. The van der Waals surface area contributed by atoms with Gasteiger partial charge >= 0.3 is 0 Å². The van der Waals surface area contributed by atoms with E-state index in [2.05, 4.69) is 90.1 Å². The summed E-state index contributed by atoms with van der Waals surface area (Å²) in [7, 11) is 1.44. The van der Waals surface area contributed by atoms with Gasteiger partial charge in [0.25, 0.3) is 0 Å². The number of hydrogen-bond donors (Lipinski definition) is 0. The molecule has 0 saturated heterocycles. The summed E-state index contributed by atoms with van der Waals surface area (Å²) >= 11 is 0. The zero-order valence-corrected chi connectivity index (χ0v) is 16.6. The Labute approximate surface area is 143 Å². The van der Waals surface area contributed by atoms with E-state index in [0.717, 1.165) is 6.42 Å². The third-order valence-electron chi connectivity index (χ3n) is 4.34. The van der Waals surface area contributed by atoms with Crippen LogP contribution < -0.4 is 0 Å². The summed E-state index contributed by atoms with van der Waals surface area (Å²) in [5.41, 5.74) is 2.61. The molecule has 0 radical (unpaired) electrons. The molecule has 0 fully saturated rings. The molecule has 1 aromatic rings. The third kappa shape index (κ3) is 3.62. The largest absolute Gasteiger partial charge is 0.369 e. The molecule has 23 heavy (non-hydrogen) atoms. The molecule has 0 N–H and O–H groups in total. The zero-order chi connectivity index (χ0) is 17.3. The van der Waals surface area contributed by atoms with Crippen LogP contribution in [0.25, 0.3) is 5.57 Å². The van der Waals surface area contributed by atoms with Crippen LogP contribution in [0.3, 0.4) is 0 Å². The maximum atomic E-state index is 6.37. The molecule has 0 aliphatic heterocycles. The van der Waals surface area contributed by atoms with E-state index in [1.54, 1.807) is 0 Å². The zero-order valence-electron chi connectivity index (χ0n) is 15.7. The van der Waals surface area contributed by atoms with Crippen LogP contribution in [-0.2, 0) is 4.74 Å². The Morgan fingerprint density at radius 3 is 2.00 bits per heavy atom. The van der Waals surface area contributed by atoms with Gasteiger partial charge in [0.15, 0.2) is 0 Å². The average molecular weight is 330 g/mol. The molecule has 1 atom stereocenters. The minimum absolute atomic E-state index is 0.197. The fourth-order valence-electron chi connectivity index (χ4n) is 4.16. The number of methoxy groups -OCH3 is 1. The summed E-state index contributed by atoms with van der Waals surface area (Å²) < 4.78 is 6.37. The lowest BCUT2D eigenvalue weighted by Gasteiger charge is -2.54. The summed E-state index contributed by atoms with van der Waals surface area (Å²) in [6.45, 7) is 14.2. The Hall–Kier alpha value is -0.910. The van der Waals surface area contributed by atoms with E-state index < -0.39 is 7.92 Å². The SMILES string of the molecule is COC1(P(C(C)(C)C)C(C)(C)C)CC=CC=C1c1ccccc1. The first-order valence-electron chi connectivity index (χ1n) is 8.41. The lowest BCUT2D eigenvalue weighted by atomic mass is 9.94. The van der Waals surface area contributed by atoms with Gasteiger partial charge in [0.1, 0.15) is 5.34 Å². The normalized spacial score (nSPS) is 22.3. The van der Waals surface area contributed by atoms with Crippen LogP contribution in [0.5, 0.6) is 0 Å². The lowest BCUT2D eigenvalue weighted by Crippen LogP contribution is -2.43. The quantitative estimate of drug-likeness (QED) is 0.579. The summed E-state index contributed by atoms with van der Waals surface area (Å²) in [5.74, 6) is 0. The summed E-state index contributed by atoms with van der Waals surface area (Å²) in [6, 6.07) is 10.7. The second kappa shape index (κ2) is 6.54. The summed E-state index contributed by atoms with van der Waals surface area (Å²) in [4.78, 5) is 0. The molecule has 1 aromatic carbocycles. The maximum absolute atomic E-state index is 6.37. The highest BCUT2D eigenvalue weighted by Gasteiger charge is 2.52. The number of ether oxygens (including phenoxy) is 1. The van der Waals surface area contributed by atoms with Crippen LogP contribution >= 0.6 is 7.92 Å². The molecule has 0 aromatic heterocycles. The van der Waals surface area contributed by atoms with Crippen molar-refractivity contribution in [3.63, 3.8) is 0 Å². The number of hydrogen-bond acceptors (Lipinski definition) is 1. The van der Waals surface area contributed by atoms with E-state index in [9.17, 15) is 0 Å². The minimum Gasteiger partial charge on any atom is -0.369 e. The van der Waals surface area contributed by atoms with Crippen LogP contribution in [0.4, 0.5) is 0 Å². The monoisotopic (exact) mass is 330 g/mol. The van der Waals surface area contributed by atoms with E-state index in [1.807, 2.05) is 7.11 Å². The van der Waals surface area contributed by atoms with Crippen molar-refractivity contribution in [3.05, 3.63) is 54.1 Å². The standard InChI is InChI=1S/C21H31OP/c1-19(2,3)23(20(4,5)6)21(22-7)16-12-11-15-18(21)17-13-9-8-10-14-17/h8-15H,16H2,1-7H3. The first-order chi connectivity index (χ1) is 10.6. The van der Waals surface area contributed by atoms with Crippen molar-refractivity contribution in [2.75, 3.05) is 7.11 Å². The number of rotatable bonds is 3. The molecule has 126 valence electrons. The van der Waals surface area contributed by atoms with Gasteiger partial charge in [-0.1, -0.05) is 98.0 Å². The van der Waals surface area contributed by atoms with E-state index in [1.165, 1.54) is 11.1 Å². The molecule has 0 heterocycles. The molecule has 0 amide bonds. The van der Waals surface area contributed by atoms with Crippen molar-refractivity contribution in [2.24, 2.45) is 0 Å². The van der Waals surface area contributed by atoms with Crippen LogP contribution in [0, 0.1) is 0 Å². The Morgan fingerprint density at radius 1 is 0.957 bits per heavy atom. The second-order valence-corrected chi connectivity index (χ2v) is 12.3. The molecule has 1 aliphatic carbocycles. The van der Waals surface area contributed by atoms with Gasteiger partial charge in [-0.3, -0.25) is 0 Å². The van der Waals surface area contributed by atoms with Gasteiger partial charge in [-0.05, 0) is 21.4 Å². The molecule has 0 bridgehead atoms. The first-order valence-corrected chi connectivity index (χ1v) is 9.75. The molecule has 1 nitrogen and oxygen atoms in total. The van der Waals surface area contributed by atoms with Crippen LogP contribution in [0.2, 0.25) is 0 Å². The fraction of sp³-hybridized carbons (Fsp3) is 0.524. The number of benzene rings is 1. The molecule has 2 heteroatoms. The van der Waals surface area contributed by atoms with Gasteiger partial charge in [0.2, 0.25) is 0 Å². The lowest BCUT2D eigenvalue weighted by molar-refractivity contribution is 0.112. The molecular weight excluding hydrogens is 299 g/mol. The van der Waals surface area contributed by atoms with Gasteiger partial charge in [-0.25, -0.2) is 0 Å². The summed E-state index contributed by atoms with van der Waals surface area (Å²) in [5, 5.41) is 0.160. The molecule has 1 unspecified atom stereocenters. The molecule has 0 spiro atoms. The summed E-state index contributed by atoms with van der Waals surface area (Å²) in [6.07, 6.45) is 7.65. The van der Waals surface area contributed by atoms with E-state index in [0.29, 0.717) is 0 Å². The van der Waals surface area contributed by atoms with Gasteiger partial charge in [0.05, 0.1) is 0 Å². The van der Waals surface area contributed by atoms with E-state index in [4.69, 9.17) is 4.74 Å². The van der Waals surface area contributed by atoms with Crippen molar-refractivity contribution in [1.29, 1.82) is 0 Å². The van der Waals surface area contributed by atoms with Gasteiger partial charge in [0, 0.05) is 13.5 Å². The van der Waals surface area contributed by atoms with Crippen molar-refractivity contribution >= 4 is 13.5 Å².